The van der Waals surface area contributed by atoms with Crippen LogP contribution in [0.25, 0.3) is 0 Å². The highest BCUT2D eigenvalue weighted by Gasteiger charge is 2.35. The summed E-state index contributed by atoms with van der Waals surface area (Å²) in [4.78, 5) is 14.5. The zero-order valence-electron chi connectivity index (χ0n) is 11.1. The minimum atomic E-state index is -0.0406. The van der Waals surface area contributed by atoms with Crippen molar-refractivity contribution < 1.29 is 9.53 Å². The van der Waals surface area contributed by atoms with Gasteiger partial charge in [-0.05, 0) is 39.0 Å². The lowest BCUT2D eigenvalue weighted by Gasteiger charge is -2.29. The van der Waals surface area contributed by atoms with E-state index in [0.29, 0.717) is 6.04 Å². The third kappa shape index (κ3) is 3.19. The Morgan fingerprint density at radius 1 is 1.47 bits per heavy atom. The molecule has 1 N–H and O–H groups in total. The predicted octanol–water partition coefficient (Wildman–Crippen LogP) is 1.01. The summed E-state index contributed by atoms with van der Waals surface area (Å²) < 4.78 is 5.29. The number of hydrogen-bond donors (Lipinski definition) is 1. The van der Waals surface area contributed by atoms with Crippen LogP contribution in [0.3, 0.4) is 0 Å². The molecule has 2 unspecified atom stereocenters. The van der Waals surface area contributed by atoms with Crippen LogP contribution in [0, 0.1) is 5.92 Å². The third-order valence-electron chi connectivity index (χ3n) is 3.78. The highest BCUT2D eigenvalue weighted by Crippen LogP contribution is 2.30. The quantitative estimate of drug-likeness (QED) is 0.780. The average molecular weight is 240 g/mol. The first-order valence-corrected chi connectivity index (χ1v) is 6.68. The lowest BCUT2D eigenvalue weighted by atomic mass is 10.1. The second-order valence-electron chi connectivity index (χ2n) is 5.58. The Kier molecular flexibility index (Phi) is 4.05. The highest BCUT2D eigenvalue weighted by atomic mass is 16.5. The number of rotatable bonds is 5. The van der Waals surface area contributed by atoms with Crippen LogP contribution in [-0.4, -0.2) is 49.2 Å². The van der Waals surface area contributed by atoms with E-state index in [2.05, 4.69) is 19.2 Å². The second kappa shape index (κ2) is 5.36. The molecule has 1 aliphatic carbocycles. The lowest BCUT2D eigenvalue weighted by Crippen LogP contribution is -2.47. The zero-order valence-corrected chi connectivity index (χ0v) is 11.1. The van der Waals surface area contributed by atoms with Crippen molar-refractivity contribution in [3.63, 3.8) is 0 Å². The van der Waals surface area contributed by atoms with Gasteiger partial charge in [-0.1, -0.05) is 0 Å². The van der Waals surface area contributed by atoms with Crippen LogP contribution in [-0.2, 0) is 9.53 Å². The molecule has 4 nitrogen and oxygen atoms in total. The molecule has 2 aliphatic rings. The minimum absolute atomic E-state index is 0.0406. The Morgan fingerprint density at radius 2 is 2.18 bits per heavy atom. The van der Waals surface area contributed by atoms with E-state index in [0.717, 1.165) is 25.4 Å². The summed E-state index contributed by atoms with van der Waals surface area (Å²) in [6, 6.07) is 0.257. The molecule has 0 aromatic rings. The Bertz CT molecular complexity index is 277. The fraction of sp³-hybridized carbons (Fsp3) is 0.923. The van der Waals surface area contributed by atoms with Crippen molar-refractivity contribution in [2.24, 2.45) is 5.92 Å². The molecule has 98 valence electrons. The molecule has 2 rings (SSSR count). The van der Waals surface area contributed by atoms with Crippen LogP contribution < -0.4 is 5.32 Å². The summed E-state index contributed by atoms with van der Waals surface area (Å²) in [5.74, 6) is 1.01. The first-order valence-electron chi connectivity index (χ1n) is 6.68. The van der Waals surface area contributed by atoms with Crippen LogP contribution in [0.1, 0.15) is 33.1 Å². The number of hydrogen-bond acceptors (Lipinski definition) is 3. The van der Waals surface area contributed by atoms with E-state index < -0.39 is 0 Å². The molecule has 0 spiro atoms. The number of nitrogens with one attached hydrogen (secondary N) is 1. The first kappa shape index (κ1) is 12.8. The van der Waals surface area contributed by atoms with Gasteiger partial charge in [0.2, 0.25) is 5.91 Å². The Hall–Kier alpha value is -0.610. The normalized spacial score (nSPS) is 28.7. The summed E-state index contributed by atoms with van der Waals surface area (Å²) >= 11 is 0. The van der Waals surface area contributed by atoms with Crippen LogP contribution in [0.2, 0.25) is 0 Å². The van der Waals surface area contributed by atoms with Crippen LogP contribution >= 0.6 is 0 Å². The van der Waals surface area contributed by atoms with Gasteiger partial charge in [-0.3, -0.25) is 4.79 Å². The molecule has 17 heavy (non-hydrogen) atoms. The summed E-state index contributed by atoms with van der Waals surface area (Å²) in [6.07, 6.45) is 3.58. The maximum Gasteiger partial charge on any atom is 0.240 e. The first-order chi connectivity index (χ1) is 8.11. The van der Waals surface area contributed by atoms with E-state index in [1.165, 1.54) is 12.8 Å². The molecule has 1 aliphatic heterocycles. The molecule has 4 heteroatoms. The van der Waals surface area contributed by atoms with Crippen LogP contribution in [0.15, 0.2) is 0 Å². The van der Waals surface area contributed by atoms with Gasteiger partial charge >= 0.3 is 0 Å². The van der Waals surface area contributed by atoms with Crippen LogP contribution in [0.4, 0.5) is 0 Å². The molecule has 2 fully saturated rings. The van der Waals surface area contributed by atoms with E-state index in [9.17, 15) is 4.79 Å². The Labute approximate surface area is 104 Å². The smallest absolute Gasteiger partial charge is 0.240 e. The Morgan fingerprint density at radius 3 is 2.65 bits per heavy atom. The molecule has 0 aromatic carbocycles. The molecule has 0 aromatic heterocycles. The van der Waals surface area contributed by atoms with Crippen molar-refractivity contribution in [1.29, 1.82) is 0 Å². The maximum atomic E-state index is 12.4. The minimum Gasteiger partial charge on any atom is -0.380 e. The number of carbonyl (C=O) groups is 1. The van der Waals surface area contributed by atoms with Crippen molar-refractivity contribution >= 4 is 5.91 Å². The number of ether oxygens (including phenoxy) is 1. The molecule has 0 radical (unpaired) electrons. The van der Waals surface area contributed by atoms with Crippen molar-refractivity contribution in [3.05, 3.63) is 0 Å². The number of carbonyl (C=O) groups excluding carboxylic acids is 1. The largest absolute Gasteiger partial charge is 0.380 e. The van der Waals surface area contributed by atoms with Gasteiger partial charge in [0.15, 0.2) is 0 Å². The second-order valence-corrected chi connectivity index (χ2v) is 5.58. The van der Waals surface area contributed by atoms with Gasteiger partial charge in [-0.15, -0.1) is 0 Å². The highest BCUT2D eigenvalue weighted by molar-refractivity contribution is 5.82. The fourth-order valence-electron chi connectivity index (χ4n) is 2.40. The van der Waals surface area contributed by atoms with Crippen molar-refractivity contribution in [2.75, 3.05) is 20.2 Å². The monoisotopic (exact) mass is 240 g/mol. The Balaban J connectivity index is 1.91. The van der Waals surface area contributed by atoms with E-state index in [1.807, 2.05) is 4.90 Å². The maximum absolute atomic E-state index is 12.4. The van der Waals surface area contributed by atoms with Crippen molar-refractivity contribution in [3.8, 4) is 0 Å². The molecule has 1 saturated carbocycles. The van der Waals surface area contributed by atoms with Gasteiger partial charge in [0.1, 0.15) is 0 Å². The molecule has 1 amide bonds. The summed E-state index contributed by atoms with van der Waals surface area (Å²) in [5.41, 5.74) is 0. The standard InChI is InChI=1S/C13H24N2O2/c1-9(2)15(8-10-4-5-10)13(16)12-6-11(17-3)7-14-12/h9-12,14H,4-8H2,1-3H3. The van der Waals surface area contributed by atoms with Gasteiger partial charge in [0.25, 0.3) is 0 Å². The zero-order chi connectivity index (χ0) is 12.4. The number of nitrogens with zero attached hydrogens (tertiary/aromatic N) is 1. The average Bonchev–Trinajstić information content (AvgIpc) is 2.99. The summed E-state index contributed by atoms with van der Waals surface area (Å²) in [5, 5.41) is 3.27. The molecule has 2 atom stereocenters. The van der Waals surface area contributed by atoms with E-state index in [-0.39, 0.29) is 18.1 Å². The van der Waals surface area contributed by atoms with Crippen molar-refractivity contribution in [2.45, 2.75) is 51.3 Å². The SMILES string of the molecule is COC1CNC(C(=O)N(CC2CC2)C(C)C)C1. The summed E-state index contributed by atoms with van der Waals surface area (Å²) in [6.45, 7) is 5.93. The van der Waals surface area contributed by atoms with Gasteiger partial charge in [-0.25, -0.2) is 0 Å². The van der Waals surface area contributed by atoms with Gasteiger partial charge in [0.05, 0.1) is 12.1 Å². The third-order valence-corrected chi connectivity index (χ3v) is 3.78. The summed E-state index contributed by atoms with van der Waals surface area (Å²) in [7, 11) is 1.71. The molecule has 1 saturated heterocycles. The van der Waals surface area contributed by atoms with E-state index in [1.54, 1.807) is 7.11 Å². The van der Waals surface area contributed by atoms with Gasteiger partial charge in [0, 0.05) is 26.2 Å². The lowest BCUT2D eigenvalue weighted by molar-refractivity contribution is -0.135. The van der Waals surface area contributed by atoms with Gasteiger partial charge < -0.3 is 15.0 Å². The van der Waals surface area contributed by atoms with E-state index in [4.69, 9.17) is 4.74 Å². The topological polar surface area (TPSA) is 41.6 Å². The van der Waals surface area contributed by atoms with Crippen LogP contribution in [0.5, 0.6) is 0 Å². The van der Waals surface area contributed by atoms with Gasteiger partial charge in [-0.2, -0.15) is 0 Å². The predicted molar refractivity (Wildman–Crippen MR) is 66.8 cm³/mol. The molecular formula is C13H24N2O2. The fourth-order valence-corrected chi connectivity index (χ4v) is 2.40. The molecule has 0 bridgehead atoms. The number of amides is 1. The van der Waals surface area contributed by atoms with Crippen molar-refractivity contribution in [1.82, 2.24) is 10.2 Å². The molecular weight excluding hydrogens is 216 g/mol. The van der Waals surface area contributed by atoms with E-state index >= 15 is 0 Å². The number of methoxy groups -OCH3 is 1. The molecule has 1 heterocycles.